The SMILES string of the molecule is CC[C@H](C)[C@@H](C(=O)OC(C)(C)C)N(C)C(=O)[C@H](C(C)C)N(C)C(=O)OCc1ccccc1. The van der Waals surface area contributed by atoms with Crippen LogP contribution in [0.3, 0.4) is 0 Å². The Labute approximate surface area is 193 Å². The van der Waals surface area contributed by atoms with E-state index in [1.807, 2.05) is 58.0 Å². The molecule has 0 spiro atoms. The zero-order valence-corrected chi connectivity index (χ0v) is 21.0. The van der Waals surface area contributed by atoms with E-state index in [0.717, 1.165) is 5.56 Å². The molecule has 0 aromatic heterocycles. The predicted octanol–water partition coefficient (Wildman–Crippen LogP) is 4.49. The van der Waals surface area contributed by atoms with Crippen molar-refractivity contribution in [2.24, 2.45) is 11.8 Å². The topological polar surface area (TPSA) is 76.2 Å². The Morgan fingerprint density at radius 3 is 1.97 bits per heavy atom. The highest BCUT2D eigenvalue weighted by Gasteiger charge is 2.40. The van der Waals surface area contributed by atoms with E-state index in [1.54, 1.807) is 34.9 Å². The molecule has 180 valence electrons. The number of carbonyl (C=O) groups excluding carboxylic acids is 3. The van der Waals surface area contributed by atoms with Gasteiger partial charge in [0, 0.05) is 14.1 Å². The van der Waals surface area contributed by atoms with Crippen molar-refractivity contribution in [3.8, 4) is 0 Å². The molecule has 32 heavy (non-hydrogen) atoms. The Bertz CT molecular complexity index is 757. The summed E-state index contributed by atoms with van der Waals surface area (Å²) in [6.45, 7) is 13.1. The number of carbonyl (C=O) groups is 3. The van der Waals surface area contributed by atoms with Gasteiger partial charge in [-0.3, -0.25) is 9.69 Å². The number of nitrogens with zero attached hydrogens (tertiary/aromatic N) is 2. The first kappa shape index (κ1) is 27.5. The van der Waals surface area contributed by atoms with Crippen LogP contribution in [0, 0.1) is 11.8 Å². The monoisotopic (exact) mass is 448 g/mol. The number of amides is 2. The highest BCUT2D eigenvalue weighted by molar-refractivity contribution is 5.90. The minimum Gasteiger partial charge on any atom is -0.458 e. The Balaban J connectivity index is 3.04. The molecule has 7 nitrogen and oxygen atoms in total. The first-order chi connectivity index (χ1) is 14.8. The average Bonchev–Trinajstić information content (AvgIpc) is 2.70. The van der Waals surface area contributed by atoms with Gasteiger partial charge in [-0.2, -0.15) is 0 Å². The molecule has 0 heterocycles. The second kappa shape index (κ2) is 11.9. The van der Waals surface area contributed by atoms with Crippen molar-refractivity contribution in [2.75, 3.05) is 14.1 Å². The fraction of sp³-hybridized carbons (Fsp3) is 0.640. The third-order valence-electron chi connectivity index (χ3n) is 5.39. The van der Waals surface area contributed by atoms with Gasteiger partial charge >= 0.3 is 12.1 Å². The van der Waals surface area contributed by atoms with Gasteiger partial charge in [-0.25, -0.2) is 9.59 Å². The lowest BCUT2D eigenvalue weighted by atomic mass is 9.95. The molecule has 0 saturated heterocycles. The summed E-state index contributed by atoms with van der Waals surface area (Å²) in [6.07, 6.45) is 0.106. The standard InChI is InChI=1S/C25H40N2O5/c1-10-18(4)21(23(29)32-25(5,6)7)26(8)22(28)20(17(2)3)27(9)24(30)31-16-19-14-12-11-13-15-19/h11-15,17-18,20-21H,10,16H2,1-9H3/t18-,20-,21-/m0/s1. The lowest BCUT2D eigenvalue weighted by molar-refractivity contribution is -0.167. The molecular weight excluding hydrogens is 408 g/mol. The zero-order valence-electron chi connectivity index (χ0n) is 21.0. The second-order valence-electron chi connectivity index (χ2n) is 9.65. The van der Waals surface area contributed by atoms with Crippen LogP contribution in [-0.4, -0.2) is 59.5 Å². The number of hydrogen-bond acceptors (Lipinski definition) is 5. The van der Waals surface area contributed by atoms with E-state index in [-0.39, 0.29) is 24.3 Å². The van der Waals surface area contributed by atoms with Gasteiger partial charge < -0.3 is 14.4 Å². The van der Waals surface area contributed by atoms with Crippen LogP contribution >= 0.6 is 0 Å². The molecule has 2 amide bonds. The van der Waals surface area contributed by atoms with Crippen LogP contribution in [0.5, 0.6) is 0 Å². The third-order valence-corrected chi connectivity index (χ3v) is 5.39. The van der Waals surface area contributed by atoms with Gasteiger partial charge in [0.25, 0.3) is 0 Å². The molecule has 3 atom stereocenters. The summed E-state index contributed by atoms with van der Waals surface area (Å²) < 4.78 is 11.0. The van der Waals surface area contributed by atoms with Crippen LogP contribution in [0.25, 0.3) is 0 Å². The molecule has 7 heteroatoms. The normalized spacial score (nSPS) is 14.3. The molecule has 1 rings (SSSR count). The molecule has 0 radical (unpaired) electrons. The van der Waals surface area contributed by atoms with E-state index in [9.17, 15) is 14.4 Å². The van der Waals surface area contributed by atoms with E-state index in [4.69, 9.17) is 9.47 Å². The fourth-order valence-electron chi connectivity index (χ4n) is 3.54. The van der Waals surface area contributed by atoms with Crippen LogP contribution in [-0.2, 0) is 25.7 Å². The van der Waals surface area contributed by atoms with E-state index in [2.05, 4.69) is 0 Å². The summed E-state index contributed by atoms with van der Waals surface area (Å²) in [5.41, 5.74) is 0.197. The molecule has 1 aromatic rings. The van der Waals surface area contributed by atoms with Gasteiger partial charge in [-0.1, -0.05) is 64.4 Å². The molecule has 0 aliphatic carbocycles. The summed E-state index contributed by atoms with van der Waals surface area (Å²) in [5, 5.41) is 0. The van der Waals surface area contributed by atoms with Crippen LogP contribution in [0.1, 0.15) is 60.5 Å². The Kier molecular flexibility index (Phi) is 10.2. The van der Waals surface area contributed by atoms with E-state index >= 15 is 0 Å². The zero-order chi connectivity index (χ0) is 24.6. The number of esters is 1. The fourth-order valence-corrected chi connectivity index (χ4v) is 3.54. The van der Waals surface area contributed by atoms with E-state index in [1.165, 1.54) is 9.80 Å². The maximum absolute atomic E-state index is 13.5. The van der Waals surface area contributed by atoms with Crippen LogP contribution in [0.15, 0.2) is 30.3 Å². The minimum absolute atomic E-state index is 0.109. The first-order valence-electron chi connectivity index (χ1n) is 11.2. The number of rotatable bonds is 9. The molecule has 0 N–H and O–H groups in total. The molecule has 0 saturated carbocycles. The summed E-state index contributed by atoms with van der Waals surface area (Å²) >= 11 is 0. The number of benzene rings is 1. The lowest BCUT2D eigenvalue weighted by Gasteiger charge is -2.38. The van der Waals surface area contributed by atoms with Gasteiger partial charge in [0.2, 0.25) is 5.91 Å². The summed E-state index contributed by atoms with van der Waals surface area (Å²) in [5.74, 6) is -1.06. The predicted molar refractivity (Wildman–Crippen MR) is 125 cm³/mol. The molecule has 0 fully saturated rings. The van der Waals surface area contributed by atoms with E-state index < -0.39 is 29.7 Å². The van der Waals surface area contributed by atoms with Gasteiger partial charge in [0.05, 0.1) is 0 Å². The summed E-state index contributed by atoms with van der Waals surface area (Å²) in [6, 6.07) is 7.83. The lowest BCUT2D eigenvalue weighted by Crippen LogP contribution is -2.56. The summed E-state index contributed by atoms with van der Waals surface area (Å²) in [7, 11) is 3.15. The maximum atomic E-state index is 13.5. The molecule has 0 bridgehead atoms. The van der Waals surface area contributed by atoms with Crippen molar-refractivity contribution < 1.29 is 23.9 Å². The molecule has 0 aliphatic rings. The van der Waals surface area contributed by atoms with Crippen LogP contribution < -0.4 is 0 Å². The number of hydrogen-bond donors (Lipinski definition) is 0. The van der Waals surface area contributed by atoms with Crippen molar-refractivity contribution in [2.45, 2.75) is 79.2 Å². The smallest absolute Gasteiger partial charge is 0.410 e. The van der Waals surface area contributed by atoms with Crippen LogP contribution in [0.4, 0.5) is 4.79 Å². The quantitative estimate of drug-likeness (QED) is 0.520. The van der Waals surface area contributed by atoms with Crippen molar-refractivity contribution in [3.05, 3.63) is 35.9 Å². The first-order valence-corrected chi connectivity index (χ1v) is 11.2. The molecular formula is C25H40N2O5. The highest BCUT2D eigenvalue weighted by atomic mass is 16.6. The highest BCUT2D eigenvalue weighted by Crippen LogP contribution is 2.22. The minimum atomic E-state index is -0.780. The molecule has 0 unspecified atom stereocenters. The largest absolute Gasteiger partial charge is 0.458 e. The van der Waals surface area contributed by atoms with Gasteiger partial charge in [0.1, 0.15) is 24.3 Å². The summed E-state index contributed by atoms with van der Waals surface area (Å²) in [4.78, 5) is 41.9. The van der Waals surface area contributed by atoms with E-state index in [0.29, 0.717) is 6.42 Å². The maximum Gasteiger partial charge on any atom is 0.410 e. The van der Waals surface area contributed by atoms with Gasteiger partial charge in [-0.15, -0.1) is 0 Å². The van der Waals surface area contributed by atoms with Gasteiger partial charge in [0.15, 0.2) is 0 Å². The van der Waals surface area contributed by atoms with Crippen LogP contribution in [0.2, 0.25) is 0 Å². The number of ether oxygens (including phenoxy) is 2. The average molecular weight is 449 g/mol. The Hall–Kier alpha value is -2.57. The molecule has 1 aromatic carbocycles. The van der Waals surface area contributed by atoms with Gasteiger partial charge in [-0.05, 0) is 38.2 Å². The van der Waals surface area contributed by atoms with Crippen molar-refractivity contribution in [3.63, 3.8) is 0 Å². The molecule has 0 aliphatic heterocycles. The van der Waals surface area contributed by atoms with Crippen molar-refractivity contribution >= 4 is 18.0 Å². The van der Waals surface area contributed by atoms with Crippen molar-refractivity contribution in [1.29, 1.82) is 0 Å². The Morgan fingerprint density at radius 2 is 1.50 bits per heavy atom. The Morgan fingerprint density at radius 1 is 0.938 bits per heavy atom. The second-order valence-corrected chi connectivity index (χ2v) is 9.65. The third kappa shape index (κ3) is 7.84. The van der Waals surface area contributed by atoms with Crippen molar-refractivity contribution in [1.82, 2.24) is 9.80 Å². The number of likely N-dealkylation sites (N-methyl/N-ethyl adjacent to an activating group) is 2.